The molecule has 101 valence electrons. The molecule has 0 heterocycles. The van der Waals surface area contributed by atoms with Crippen LogP contribution in [-0.4, -0.2) is 13.1 Å². The van der Waals surface area contributed by atoms with E-state index in [1.54, 1.807) is 13.2 Å². The van der Waals surface area contributed by atoms with Crippen molar-refractivity contribution in [3.05, 3.63) is 59.7 Å². The second-order valence-electron chi connectivity index (χ2n) is 4.17. The van der Waals surface area contributed by atoms with Crippen LogP contribution in [0.25, 0.3) is 12.2 Å². The van der Waals surface area contributed by atoms with Crippen LogP contribution >= 0.6 is 0 Å². The Morgan fingerprint density at radius 3 is 2.60 bits per heavy atom. The molecule has 0 aliphatic rings. The molecule has 0 bridgehead atoms. The third-order valence-electron chi connectivity index (χ3n) is 2.64. The fraction of sp³-hybridized carbons (Fsp3) is 0.118. The zero-order valence-corrected chi connectivity index (χ0v) is 11.4. The topological polar surface area (TPSA) is 35.5 Å². The normalized spacial score (nSPS) is 10.5. The van der Waals surface area contributed by atoms with Crippen LogP contribution in [0.15, 0.2) is 42.5 Å². The number of rotatable bonds is 4. The Hall–Kier alpha value is -2.55. The molecule has 2 aromatic rings. The summed E-state index contributed by atoms with van der Waals surface area (Å²) in [6.45, 7) is 1.36. The summed E-state index contributed by atoms with van der Waals surface area (Å²) >= 11 is 0. The number of hydrogen-bond donors (Lipinski definition) is 0. The minimum absolute atomic E-state index is 0.369. The number of hydrogen-bond acceptors (Lipinski definition) is 3. The zero-order valence-electron chi connectivity index (χ0n) is 11.4. The number of methoxy groups -OCH3 is 1. The molecule has 0 atom stereocenters. The van der Waals surface area contributed by atoms with E-state index < -0.39 is 0 Å². The van der Waals surface area contributed by atoms with E-state index in [1.165, 1.54) is 6.92 Å². The molecule has 0 unspecified atom stereocenters. The average molecular weight is 267 g/mol. The van der Waals surface area contributed by atoms with Crippen molar-refractivity contribution in [3.63, 3.8) is 0 Å². The first-order chi connectivity index (χ1) is 9.69. The maximum absolute atomic E-state index is 11.0. The molecule has 0 spiro atoms. The highest BCUT2D eigenvalue weighted by Gasteiger charge is 2.06. The number of carbonyl (C=O) groups is 1. The highest BCUT2D eigenvalue weighted by atomic mass is 16.6. The molecule has 3 heteroatoms. The van der Waals surface area contributed by atoms with Crippen molar-refractivity contribution in [1.29, 1.82) is 0 Å². The fourth-order valence-electron chi connectivity index (χ4n) is 1.73. The summed E-state index contributed by atoms with van der Waals surface area (Å²) in [5.74, 6) is 0.582. The van der Waals surface area contributed by atoms with E-state index in [0.717, 1.165) is 11.1 Å². The van der Waals surface area contributed by atoms with E-state index in [-0.39, 0.29) is 5.97 Å². The Balaban J connectivity index is 2.21. The van der Waals surface area contributed by atoms with Gasteiger partial charge in [0.15, 0.2) is 11.5 Å². The minimum atomic E-state index is -0.369. The highest BCUT2D eigenvalue weighted by molar-refractivity contribution is 5.73. The molecule has 0 fully saturated rings. The van der Waals surface area contributed by atoms with Gasteiger partial charge in [0.25, 0.3) is 0 Å². The van der Waals surface area contributed by atoms with Crippen LogP contribution in [0.4, 0.5) is 0 Å². The van der Waals surface area contributed by atoms with Gasteiger partial charge in [-0.15, -0.1) is 0 Å². The lowest BCUT2D eigenvalue weighted by Crippen LogP contribution is -2.02. The zero-order chi connectivity index (χ0) is 14.4. The first-order valence-electron chi connectivity index (χ1n) is 6.19. The second-order valence-corrected chi connectivity index (χ2v) is 4.17. The van der Waals surface area contributed by atoms with Crippen LogP contribution in [0.5, 0.6) is 11.5 Å². The van der Waals surface area contributed by atoms with Gasteiger partial charge in [-0.2, -0.15) is 0 Å². The van der Waals surface area contributed by atoms with Gasteiger partial charge >= 0.3 is 5.97 Å². The van der Waals surface area contributed by atoms with Gasteiger partial charge < -0.3 is 9.47 Å². The van der Waals surface area contributed by atoms with E-state index in [9.17, 15) is 4.79 Å². The standard InChI is InChI=1S/C17H15O3/c1-13(18)20-16-11-10-15(12-17(16)19-2)9-8-14-6-4-3-5-7-14/h3-4,6-12H,1-2H3. The van der Waals surface area contributed by atoms with E-state index in [4.69, 9.17) is 9.47 Å². The predicted octanol–water partition coefficient (Wildman–Crippen LogP) is 3.59. The summed E-state index contributed by atoms with van der Waals surface area (Å²) in [5, 5.41) is 0. The molecule has 3 nitrogen and oxygen atoms in total. The van der Waals surface area contributed by atoms with Crippen molar-refractivity contribution in [2.24, 2.45) is 0 Å². The second kappa shape index (κ2) is 6.57. The Bertz CT molecular complexity index is 615. The van der Waals surface area contributed by atoms with Gasteiger partial charge in [-0.1, -0.05) is 36.4 Å². The molecule has 0 aliphatic carbocycles. The molecule has 1 radical (unpaired) electrons. The van der Waals surface area contributed by atoms with Crippen LogP contribution in [0.1, 0.15) is 18.1 Å². The van der Waals surface area contributed by atoms with Crippen molar-refractivity contribution in [1.82, 2.24) is 0 Å². The largest absolute Gasteiger partial charge is 0.493 e. The molecule has 0 N–H and O–H groups in total. The van der Waals surface area contributed by atoms with Gasteiger partial charge in [0.1, 0.15) is 0 Å². The molecular formula is C17H15O3. The van der Waals surface area contributed by atoms with Gasteiger partial charge in [-0.25, -0.2) is 0 Å². The van der Waals surface area contributed by atoms with Crippen LogP contribution in [0.3, 0.4) is 0 Å². The third kappa shape index (κ3) is 3.72. The molecule has 2 rings (SSSR count). The summed E-state index contributed by atoms with van der Waals surface area (Å²) < 4.78 is 10.3. The van der Waals surface area contributed by atoms with Crippen molar-refractivity contribution < 1.29 is 14.3 Å². The highest BCUT2D eigenvalue weighted by Crippen LogP contribution is 2.28. The lowest BCUT2D eigenvalue weighted by Gasteiger charge is -2.08. The summed E-state index contributed by atoms with van der Waals surface area (Å²) in [7, 11) is 1.54. The monoisotopic (exact) mass is 267 g/mol. The Morgan fingerprint density at radius 2 is 1.95 bits per heavy atom. The van der Waals surface area contributed by atoms with Gasteiger partial charge in [0, 0.05) is 6.92 Å². The van der Waals surface area contributed by atoms with Crippen molar-refractivity contribution in [2.75, 3.05) is 7.11 Å². The van der Waals surface area contributed by atoms with Gasteiger partial charge in [0.2, 0.25) is 0 Å². The van der Waals surface area contributed by atoms with Crippen molar-refractivity contribution in [2.45, 2.75) is 6.92 Å². The van der Waals surface area contributed by atoms with Gasteiger partial charge in [0.05, 0.1) is 7.11 Å². The minimum Gasteiger partial charge on any atom is -0.493 e. The van der Waals surface area contributed by atoms with E-state index in [2.05, 4.69) is 6.07 Å². The molecule has 0 aromatic heterocycles. The number of esters is 1. The summed E-state index contributed by atoms with van der Waals surface area (Å²) in [5.41, 5.74) is 2.03. The number of benzene rings is 2. The van der Waals surface area contributed by atoms with E-state index in [1.807, 2.05) is 48.6 Å². The lowest BCUT2D eigenvalue weighted by atomic mass is 10.1. The van der Waals surface area contributed by atoms with Crippen LogP contribution < -0.4 is 9.47 Å². The fourth-order valence-corrected chi connectivity index (χ4v) is 1.73. The van der Waals surface area contributed by atoms with Crippen LogP contribution in [0, 0.1) is 6.07 Å². The molecule has 0 saturated carbocycles. The number of ether oxygens (including phenoxy) is 2. The predicted molar refractivity (Wildman–Crippen MR) is 78.5 cm³/mol. The molecule has 0 saturated heterocycles. The Morgan fingerprint density at radius 1 is 1.15 bits per heavy atom. The maximum Gasteiger partial charge on any atom is 0.308 e. The summed E-state index contributed by atoms with van der Waals surface area (Å²) in [6, 6.07) is 16.1. The van der Waals surface area contributed by atoms with E-state index >= 15 is 0 Å². The molecule has 20 heavy (non-hydrogen) atoms. The first kappa shape index (κ1) is 13.9. The van der Waals surface area contributed by atoms with Crippen LogP contribution in [0.2, 0.25) is 0 Å². The van der Waals surface area contributed by atoms with Gasteiger partial charge in [-0.05, 0) is 35.4 Å². The molecular weight excluding hydrogens is 252 g/mol. The third-order valence-corrected chi connectivity index (χ3v) is 2.64. The Kier molecular flexibility index (Phi) is 4.56. The maximum atomic E-state index is 11.0. The molecule has 2 aromatic carbocycles. The smallest absolute Gasteiger partial charge is 0.308 e. The number of carbonyl (C=O) groups excluding carboxylic acids is 1. The summed E-state index contributed by atoms with van der Waals surface area (Å²) in [4.78, 5) is 11.0. The lowest BCUT2D eigenvalue weighted by molar-refractivity contribution is -0.132. The van der Waals surface area contributed by atoms with Crippen molar-refractivity contribution >= 4 is 18.1 Å². The SMILES string of the molecule is COc1cc(C=Cc2c[c]ccc2)ccc1OC(C)=O. The van der Waals surface area contributed by atoms with Gasteiger partial charge in [-0.3, -0.25) is 4.79 Å². The Labute approximate surface area is 118 Å². The molecule has 0 amide bonds. The molecule has 0 aliphatic heterocycles. The van der Waals surface area contributed by atoms with E-state index in [0.29, 0.717) is 11.5 Å². The average Bonchev–Trinajstić information content (AvgIpc) is 2.46. The van der Waals surface area contributed by atoms with Crippen LogP contribution in [-0.2, 0) is 4.79 Å². The first-order valence-corrected chi connectivity index (χ1v) is 6.19. The quantitative estimate of drug-likeness (QED) is 0.482. The summed E-state index contributed by atoms with van der Waals surface area (Å²) in [6.07, 6.45) is 3.94. The van der Waals surface area contributed by atoms with Crippen molar-refractivity contribution in [3.8, 4) is 11.5 Å².